The molecule has 1 unspecified atom stereocenters. The molecular weight excluding hydrogens is 348 g/mol. The van der Waals surface area contributed by atoms with Gasteiger partial charge in [0.1, 0.15) is 4.88 Å². The predicted molar refractivity (Wildman–Crippen MR) is 85.2 cm³/mol. The number of carbonyl (C=O) groups is 1. The maximum absolute atomic E-state index is 12.0. The summed E-state index contributed by atoms with van der Waals surface area (Å²) < 4.78 is 12.9. The summed E-state index contributed by atoms with van der Waals surface area (Å²) in [7, 11) is -0.910. The lowest BCUT2D eigenvalue weighted by atomic mass is 10.2. The zero-order chi connectivity index (χ0) is 14.0. The number of amides is 1. The quantitative estimate of drug-likeness (QED) is 0.878. The van der Waals surface area contributed by atoms with Crippen molar-refractivity contribution in [1.29, 1.82) is 0 Å². The molecule has 0 aliphatic heterocycles. The number of nitrogens with two attached hydrogens (primary N) is 1. The average Bonchev–Trinajstić information content (AvgIpc) is 2.65. The van der Waals surface area contributed by atoms with Crippen LogP contribution in [0.1, 0.15) is 9.67 Å². The SMILES string of the molecule is CS(=O)CCNC(=O)c1sc2cc(Br)ccc2c1N. The first-order valence-electron chi connectivity index (χ1n) is 5.55. The first kappa shape index (κ1) is 14.5. The van der Waals surface area contributed by atoms with Gasteiger partial charge in [-0.15, -0.1) is 11.3 Å². The number of rotatable bonds is 4. The Hall–Kier alpha value is -0.920. The standard InChI is InChI=1S/C12H13BrN2O2S2/c1-19(17)5-4-15-12(16)11-10(14)8-3-2-7(13)6-9(8)18-11/h2-3,6H,4-5,14H2,1H3,(H,15,16). The summed E-state index contributed by atoms with van der Waals surface area (Å²) in [6.45, 7) is 0.388. The highest BCUT2D eigenvalue weighted by Crippen LogP contribution is 2.35. The van der Waals surface area contributed by atoms with Gasteiger partial charge >= 0.3 is 0 Å². The lowest BCUT2D eigenvalue weighted by Crippen LogP contribution is -2.27. The molecule has 7 heteroatoms. The molecule has 3 N–H and O–H groups in total. The van der Waals surface area contributed by atoms with E-state index in [4.69, 9.17) is 5.73 Å². The summed E-state index contributed by atoms with van der Waals surface area (Å²) >= 11 is 4.75. The van der Waals surface area contributed by atoms with Crippen LogP contribution in [0.5, 0.6) is 0 Å². The summed E-state index contributed by atoms with van der Waals surface area (Å²) in [5.74, 6) is 0.238. The number of hydrogen-bond donors (Lipinski definition) is 2. The fourth-order valence-electron chi connectivity index (χ4n) is 1.65. The van der Waals surface area contributed by atoms with Gasteiger partial charge in [-0.25, -0.2) is 0 Å². The molecule has 0 saturated carbocycles. The molecule has 1 aromatic heterocycles. The van der Waals surface area contributed by atoms with Crippen LogP contribution in [0.2, 0.25) is 0 Å². The van der Waals surface area contributed by atoms with Crippen molar-refractivity contribution in [3.63, 3.8) is 0 Å². The van der Waals surface area contributed by atoms with Crippen molar-refractivity contribution in [2.75, 3.05) is 24.3 Å². The Morgan fingerprint density at radius 1 is 1.53 bits per heavy atom. The topological polar surface area (TPSA) is 72.2 Å². The molecule has 0 saturated heterocycles. The molecule has 0 radical (unpaired) electrons. The van der Waals surface area contributed by atoms with E-state index in [1.807, 2.05) is 18.2 Å². The highest BCUT2D eigenvalue weighted by molar-refractivity contribution is 9.10. The minimum absolute atomic E-state index is 0.208. The second-order valence-electron chi connectivity index (χ2n) is 4.02. The Balaban J connectivity index is 2.22. The van der Waals surface area contributed by atoms with E-state index in [0.717, 1.165) is 14.6 Å². The third-order valence-electron chi connectivity index (χ3n) is 2.57. The van der Waals surface area contributed by atoms with Crippen LogP contribution in [-0.4, -0.2) is 28.7 Å². The largest absolute Gasteiger partial charge is 0.397 e. The molecule has 102 valence electrons. The van der Waals surface area contributed by atoms with Crippen LogP contribution in [0.4, 0.5) is 5.69 Å². The highest BCUT2D eigenvalue weighted by Gasteiger charge is 2.16. The first-order chi connectivity index (χ1) is 8.99. The fraction of sp³-hybridized carbons (Fsp3) is 0.250. The summed E-state index contributed by atoms with van der Waals surface area (Å²) in [6, 6.07) is 5.73. The number of carbonyl (C=O) groups excluding carboxylic acids is 1. The summed E-state index contributed by atoms with van der Waals surface area (Å²) in [6.07, 6.45) is 1.61. The molecule has 2 rings (SSSR count). The summed E-state index contributed by atoms with van der Waals surface area (Å²) in [5, 5.41) is 3.62. The monoisotopic (exact) mass is 360 g/mol. The van der Waals surface area contributed by atoms with Crippen molar-refractivity contribution in [2.24, 2.45) is 0 Å². The van der Waals surface area contributed by atoms with E-state index in [0.29, 0.717) is 22.9 Å². The third-order valence-corrected chi connectivity index (χ3v) is 5.01. The van der Waals surface area contributed by atoms with Gasteiger partial charge in [-0.1, -0.05) is 22.0 Å². The molecule has 2 aromatic rings. The zero-order valence-corrected chi connectivity index (χ0v) is 13.5. The van der Waals surface area contributed by atoms with Gasteiger partial charge in [-0.3, -0.25) is 9.00 Å². The van der Waals surface area contributed by atoms with Gasteiger partial charge < -0.3 is 11.1 Å². The van der Waals surface area contributed by atoms with Crippen molar-refractivity contribution in [1.82, 2.24) is 5.32 Å². The number of thiophene rings is 1. The number of halogens is 1. The van der Waals surface area contributed by atoms with E-state index in [9.17, 15) is 9.00 Å². The van der Waals surface area contributed by atoms with Crippen molar-refractivity contribution >= 4 is 59.7 Å². The molecule has 0 bridgehead atoms. The number of nitrogen functional groups attached to an aromatic ring is 1. The Labute approximate surface area is 126 Å². The Morgan fingerprint density at radius 2 is 2.26 bits per heavy atom. The predicted octanol–water partition coefficient (Wildman–Crippen LogP) is 2.35. The highest BCUT2D eigenvalue weighted by atomic mass is 79.9. The second-order valence-corrected chi connectivity index (χ2v) is 7.54. The van der Waals surface area contributed by atoms with Crippen LogP contribution in [0.3, 0.4) is 0 Å². The number of anilines is 1. The van der Waals surface area contributed by atoms with Gasteiger partial charge in [0.15, 0.2) is 0 Å². The smallest absolute Gasteiger partial charge is 0.263 e. The first-order valence-corrected chi connectivity index (χ1v) is 8.88. The normalized spacial score (nSPS) is 12.5. The molecule has 4 nitrogen and oxygen atoms in total. The number of nitrogens with one attached hydrogen (secondary N) is 1. The molecule has 0 aliphatic carbocycles. The van der Waals surface area contributed by atoms with E-state index in [-0.39, 0.29) is 5.91 Å². The van der Waals surface area contributed by atoms with Crippen molar-refractivity contribution < 1.29 is 9.00 Å². The molecule has 1 heterocycles. The van der Waals surface area contributed by atoms with Crippen LogP contribution >= 0.6 is 27.3 Å². The van der Waals surface area contributed by atoms with Gasteiger partial charge in [0.2, 0.25) is 0 Å². The van der Waals surface area contributed by atoms with Crippen LogP contribution < -0.4 is 11.1 Å². The average molecular weight is 361 g/mol. The van der Waals surface area contributed by atoms with E-state index in [1.54, 1.807) is 6.26 Å². The summed E-state index contributed by atoms with van der Waals surface area (Å²) in [4.78, 5) is 12.5. The van der Waals surface area contributed by atoms with Crippen LogP contribution in [0, 0.1) is 0 Å². The van der Waals surface area contributed by atoms with Gasteiger partial charge in [0.05, 0.1) is 5.69 Å². The Bertz CT molecular complexity index is 654. The Morgan fingerprint density at radius 3 is 2.95 bits per heavy atom. The fourth-order valence-corrected chi connectivity index (χ4v) is 3.63. The number of hydrogen-bond acceptors (Lipinski definition) is 4. The van der Waals surface area contributed by atoms with E-state index in [1.165, 1.54) is 11.3 Å². The minimum Gasteiger partial charge on any atom is -0.397 e. The van der Waals surface area contributed by atoms with Crippen LogP contribution in [0.25, 0.3) is 10.1 Å². The molecule has 0 spiro atoms. The molecular formula is C12H13BrN2O2S2. The molecule has 1 atom stereocenters. The van der Waals surface area contributed by atoms with Gasteiger partial charge in [0.25, 0.3) is 5.91 Å². The summed E-state index contributed by atoms with van der Waals surface area (Å²) in [5.41, 5.74) is 6.50. The van der Waals surface area contributed by atoms with Crippen LogP contribution in [0.15, 0.2) is 22.7 Å². The minimum atomic E-state index is -0.910. The van der Waals surface area contributed by atoms with E-state index in [2.05, 4.69) is 21.2 Å². The molecule has 0 fully saturated rings. The van der Waals surface area contributed by atoms with E-state index < -0.39 is 10.8 Å². The molecule has 0 aliphatic rings. The lowest BCUT2D eigenvalue weighted by molar-refractivity contribution is 0.0961. The van der Waals surface area contributed by atoms with Gasteiger partial charge in [0, 0.05) is 43.9 Å². The Kier molecular flexibility index (Phi) is 4.59. The van der Waals surface area contributed by atoms with Crippen molar-refractivity contribution in [3.8, 4) is 0 Å². The van der Waals surface area contributed by atoms with Crippen LogP contribution in [-0.2, 0) is 10.8 Å². The number of benzene rings is 1. The van der Waals surface area contributed by atoms with Gasteiger partial charge in [-0.2, -0.15) is 0 Å². The lowest BCUT2D eigenvalue weighted by Gasteiger charge is -2.02. The maximum atomic E-state index is 12.0. The third kappa shape index (κ3) is 3.34. The van der Waals surface area contributed by atoms with Crippen molar-refractivity contribution in [2.45, 2.75) is 0 Å². The second kappa shape index (κ2) is 6.02. The molecule has 1 amide bonds. The van der Waals surface area contributed by atoms with Crippen molar-refractivity contribution in [3.05, 3.63) is 27.5 Å². The number of fused-ring (bicyclic) bond motifs is 1. The van der Waals surface area contributed by atoms with Gasteiger partial charge in [-0.05, 0) is 12.1 Å². The molecule has 1 aromatic carbocycles. The van der Waals surface area contributed by atoms with E-state index >= 15 is 0 Å². The maximum Gasteiger partial charge on any atom is 0.263 e. The molecule has 19 heavy (non-hydrogen) atoms. The zero-order valence-electron chi connectivity index (χ0n) is 10.2.